The molecular formula is C12H18ClFN2O2S. The van der Waals surface area contributed by atoms with Crippen LogP contribution in [0.1, 0.15) is 26.7 Å². The molecule has 0 atom stereocenters. The molecule has 1 rings (SSSR count). The van der Waals surface area contributed by atoms with Gasteiger partial charge >= 0.3 is 0 Å². The molecule has 0 unspecified atom stereocenters. The molecule has 1 aromatic heterocycles. The van der Waals surface area contributed by atoms with E-state index in [-0.39, 0.29) is 23.4 Å². The van der Waals surface area contributed by atoms with Crippen LogP contribution in [0.4, 0.5) is 4.39 Å². The monoisotopic (exact) mass is 308 g/mol. The van der Waals surface area contributed by atoms with E-state index in [1.54, 1.807) is 0 Å². The maximum atomic E-state index is 13.1. The summed E-state index contributed by atoms with van der Waals surface area (Å²) in [6.45, 7) is 4.02. The lowest BCUT2D eigenvalue weighted by atomic mass is 10.2. The van der Waals surface area contributed by atoms with Crippen LogP contribution in [0, 0.1) is 5.82 Å². The molecule has 0 radical (unpaired) electrons. The van der Waals surface area contributed by atoms with Gasteiger partial charge in [0.2, 0.25) is 10.0 Å². The summed E-state index contributed by atoms with van der Waals surface area (Å²) in [6, 6.07) is 0.832. The van der Waals surface area contributed by atoms with E-state index in [0.717, 1.165) is 18.5 Å². The van der Waals surface area contributed by atoms with Crippen LogP contribution < -0.4 is 0 Å². The van der Waals surface area contributed by atoms with Gasteiger partial charge in [0.05, 0.1) is 6.20 Å². The fourth-order valence-corrected chi connectivity index (χ4v) is 3.98. The van der Waals surface area contributed by atoms with Crippen LogP contribution in [-0.4, -0.2) is 36.2 Å². The zero-order chi connectivity index (χ0) is 14.5. The van der Waals surface area contributed by atoms with Gasteiger partial charge in [-0.1, -0.05) is 13.8 Å². The summed E-state index contributed by atoms with van der Waals surface area (Å²) in [7, 11) is -3.76. The molecule has 1 aromatic rings. The molecule has 7 heteroatoms. The molecule has 0 aliphatic heterocycles. The number of sulfonamides is 1. The first-order chi connectivity index (χ1) is 8.97. The highest BCUT2D eigenvalue weighted by Gasteiger charge is 2.29. The second kappa shape index (κ2) is 7.17. The third kappa shape index (κ3) is 3.87. The minimum Gasteiger partial charge on any atom is -0.260 e. The Morgan fingerprint density at radius 3 is 2.47 bits per heavy atom. The zero-order valence-electron chi connectivity index (χ0n) is 11.0. The fraction of sp³-hybridized carbons (Fsp3) is 0.583. The van der Waals surface area contributed by atoms with Crippen LogP contribution in [0.2, 0.25) is 0 Å². The molecule has 0 saturated carbocycles. The molecule has 4 nitrogen and oxygen atoms in total. The largest absolute Gasteiger partial charge is 0.260 e. The standard InChI is InChI=1S/C12H18ClFN2O2S/c1-3-11(4-2)16(6-5-13)19(17,18)12-7-10(14)8-15-9-12/h7-9,11H,3-6H2,1-2H3. The number of rotatable bonds is 7. The SMILES string of the molecule is CCC(CC)N(CCCl)S(=O)(=O)c1cncc(F)c1. The molecule has 0 bridgehead atoms. The average Bonchev–Trinajstić information content (AvgIpc) is 2.39. The molecule has 0 aliphatic rings. The van der Waals surface area contributed by atoms with E-state index in [4.69, 9.17) is 11.6 Å². The molecule has 108 valence electrons. The van der Waals surface area contributed by atoms with Gasteiger partial charge in [-0.2, -0.15) is 4.31 Å². The highest BCUT2D eigenvalue weighted by atomic mass is 35.5. The van der Waals surface area contributed by atoms with E-state index in [9.17, 15) is 12.8 Å². The quantitative estimate of drug-likeness (QED) is 0.728. The van der Waals surface area contributed by atoms with Crippen molar-refractivity contribution >= 4 is 21.6 Å². The molecule has 19 heavy (non-hydrogen) atoms. The molecule has 0 fully saturated rings. The lowest BCUT2D eigenvalue weighted by Gasteiger charge is -2.28. The highest BCUT2D eigenvalue weighted by Crippen LogP contribution is 2.21. The van der Waals surface area contributed by atoms with Crippen molar-refractivity contribution in [2.24, 2.45) is 0 Å². The predicted molar refractivity (Wildman–Crippen MR) is 73.2 cm³/mol. The average molecular weight is 309 g/mol. The lowest BCUT2D eigenvalue weighted by molar-refractivity contribution is 0.316. The number of alkyl halides is 1. The Balaban J connectivity index is 3.19. The topological polar surface area (TPSA) is 50.3 Å². The van der Waals surface area contributed by atoms with Crippen molar-refractivity contribution in [3.63, 3.8) is 0 Å². The normalized spacial score (nSPS) is 12.3. The van der Waals surface area contributed by atoms with Gasteiger partial charge in [0.1, 0.15) is 10.7 Å². The Bertz CT molecular complexity index is 506. The van der Waals surface area contributed by atoms with Gasteiger partial charge in [-0.3, -0.25) is 4.98 Å². The summed E-state index contributed by atoms with van der Waals surface area (Å²) in [5.74, 6) is -0.477. The third-order valence-corrected chi connectivity index (χ3v) is 5.03. The van der Waals surface area contributed by atoms with Crippen molar-refractivity contribution in [1.29, 1.82) is 0 Å². The number of nitrogens with zero attached hydrogens (tertiary/aromatic N) is 2. The Morgan fingerprint density at radius 2 is 2.00 bits per heavy atom. The van der Waals surface area contributed by atoms with Gasteiger partial charge < -0.3 is 0 Å². The van der Waals surface area contributed by atoms with Crippen molar-refractivity contribution in [2.45, 2.75) is 37.6 Å². The van der Waals surface area contributed by atoms with Crippen LogP contribution in [0.3, 0.4) is 0 Å². The highest BCUT2D eigenvalue weighted by molar-refractivity contribution is 7.89. The molecule has 0 saturated heterocycles. The first kappa shape index (κ1) is 16.3. The number of halogens is 2. The minimum absolute atomic E-state index is 0.135. The van der Waals surface area contributed by atoms with Crippen LogP contribution >= 0.6 is 11.6 Å². The van der Waals surface area contributed by atoms with Gasteiger partial charge in [-0.25, -0.2) is 12.8 Å². The maximum Gasteiger partial charge on any atom is 0.245 e. The summed E-state index contributed by atoms with van der Waals surface area (Å²) < 4.78 is 39.5. The van der Waals surface area contributed by atoms with Gasteiger partial charge in [-0.05, 0) is 18.9 Å². The zero-order valence-corrected chi connectivity index (χ0v) is 12.6. The van der Waals surface area contributed by atoms with Crippen LogP contribution in [0.25, 0.3) is 0 Å². The Hall–Kier alpha value is -0.720. The van der Waals surface area contributed by atoms with Gasteiger partial charge in [-0.15, -0.1) is 11.6 Å². The van der Waals surface area contributed by atoms with E-state index in [0.29, 0.717) is 12.8 Å². The smallest absolute Gasteiger partial charge is 0.245 e. The number of pyridine rings is 1. The third-order valence-electron chi connectivity index (χ3n) is 2.94. The second-order valence-electron chi connectivity index (χ2n) is 4.11. The molecule has 0 aliphatic carbocycles. The first-order valence-corrected chi connectivity index (χ1v) is 8.13. The lowest BCUT2D eigenvalue weighted by Crippen LogP contribution is -2.41. The fourth-order valence-electron chi connectivity index (χ4n) is 1.95. The Kier molecular flexibility index (Phi) is 6.16. The van der Waals surface area contributed by atoms with Crippen molar-refractivity contribution in [3.8, 4) is 0 Å². The van der Waals surface area contributed by atoms with E-state index in [1.807, 2.05) is 13.8 Å². The summed E-state index contributed by atoms with van der Waals surface area (Å²) in [5, 5.41) is 0. The Labute approximate surface area is 118 Å². The summed E-state index contributed by atoms with van der Waals surface area (Å²) >= 11 is 5.68. The van der Waals surface area contributed by atoms with Crippen LogP contribution in [0.15, 0.2) is 23.4 Å². The molecular weight excluding hydrogens is 291 g/mol. The van der Waals surface area contributed by atoms with E-state index in [2.05, 4.69) is 4.98 Å². The summed E-state index contributed by atoms with van der Waals surface area (Å²) in [5.41, 5.74) is 0. The van der Waals surface area contributed by atoms with Crippen molar-refractivity contribution in [2.75, 3.05) is 12.4 Å². The Morgan fingerprint density at radius 1 is 1.37 bits per heavy atom. The van der Waals surface area contributed by atoms with Crippen LogP contribution in [0.5, 0.6) is 0 Å². The van der Waals surface area contributed by atoms with E-state index < -0.39 is 15.8 Å². The van der Waals surface area contributed by atoms with Crippen molar-refractivity contribution < 1.29 is 12.8 Å². The van der Waals surface area contributed by atoms with Gasteiger partial charge in [0.15, 0.2) is 0 Å². The second-order valence-corrected chi connectivity index (χ2v) is 6.38. The van der Waals surface area contributed by atoms with Gasteiger partial charge in [0, 0.05) is 24.7 Å². The van der Waals surface area contributed by atoms with E-state index >= 15 is 0 Å². The first-order valence-electron chi connectivity index (χ1n) is 6.15. The molecule has 0 spiro atoms. The van der Waals surface area contributed by atoms with Crippen molar-refractivity contribution in [3.05, 3.63) is 24.3 Å². The molecule has 0 aromatic carbocycles. The summed E-state index contributed by atoms with van der Waals surface area (Å²) in [6.07, 6.45) is 3.48. The minimum atomic E-state index is -3.76. The van der Waals surface area contributed by atoms with Crippen molar-refractivity contribution in [1.82, 2.24) is 9.29 Å². The number of aromatic nitrogens is 1. The van der Waals surface area contributed by atoms with Gasteiger partial charge in [0.25, 0.3) is 0 Å². The molecule has 1 heterocycles. The predicted octanol–water partition coefficient (Wildman–Crippen LogP) is 2.64. The molecule has 0 N–H and O–H groups in total. The summed E-state index contributed by atoms with van der Waals surface area (Å²) in [4.78, 5) is 3.46. The number of hydrogen-bond acceptors (Lipinski definition) is 3. The number of hydrogen-bond donors (Lipinski definition) is 0. The molecule has 0 amide bonds. The van der Waals surface area contributed by atoms with Crippen LogP contribution in [-0.2, 0) is 10.0 Å². The van der Waals surface area contributed by atoms with E-state index in [1.165, 1.54) is 4.31 Å². The maximum absolute atomic E-state index is 13.1.